The zero-order chi connectivity index (χ0) is 13.4. The van der Waals surface area contributed by atoms with Gasteiger partial charge in [0.2, 0.25) is 0 Å². The number of benzene rings is 1. The van der Waals surface area contributed by atoms with Crippen molar-refractivity contribution >= 4 is 0 Å². The Bertz CT molecular complexity index is 357. The highest BCUT2D eigenvalue weighted by atomic mass is 16.5. The molecule has 0 saturated heterocycles. The molecular weight excluding hydrogens is 234 g/mol. The van der Waals surface area contributed by atoms with Gasteiger partial charge in [0.1, 0.15) is 0 Å². The van der Waals surface area contributed by atoms with Crippen LogP contribution in [0.5, 0.6) is 11.5 Å². The summed E-state index contributed by atoms with van der Waals surface area (Å²) in [5, 5.41) is 21.3. The van der Waals surface area contributed by atoms with Crippen molar-refractivity contribution in [3.05, 3.63) is 23.8 Å². The smallest absolute Gasteiger partial charge is 0.160 e. The molecule has 0 heterocycles. The maximum Gasteiger partial charge on any atom is 0.160 e. The molecule has 0 aliphatic carbocycles. The Labute approximate surface area is 107 Å². The number of phenolic OH excluding ortho intramolecular Hbond substituents is 1. The molecule has 0 bridgehead atoms. The highest BCUT2D eigenvalue weighted by molar-refractivity contribution is 5.42. The van der Waals surface area contributed by atoms with Crippen LogP contribution in [0.1, 0.15) is 18.5 Å². The molecule has 0 radical (unpaired) electrons. The number of nitrogens with one attached hydrogen (secondary N) is 1. The van der Waals surface area contributed by atoms with Crippen LogP contribution in [0.4, 0.5) is 0 Å². The van der Waals surface area contributed by atoms with Crippen molar-refractivity contribution in [1.29, 1.82) is 0 Å². The lowest BCUT2D eigenvalue weighted by molar-refractivity contribution is 0.0928. The van der Waals surface area contributed by atoms with Gasteiger partial charge in [-0.3, -0.25) is 0 Å². The van der Waals surface area contributed by atoms with E-state index in [1.54, 1.807) is 6.07 Å². The Morgan fingerprint density at radius 2 is 2.11 bits per heavy atom. The fraction of sp³-hybridized carbons (Fsp3) is 0.538. The molecule has 102 valence electrons. The Balaban J connectivity index is 2.43. The number of aliphatic hydroxyl groups excluding tert-OH is 1. The highest BCUT2D eigenvalue weighted by Crippen LogP contribution is 2.28. The normalized spacial score (nSPS) is 12.4. The zero-order valence-electron chi connectivity index (χ0n) is 10.8. The van der Waals surface area contributed by atoms with E-state index in [9.17, 15) is 5.11 Å². The van der Waals surface area contributed by atoms with Crippen molar-refractivity contribution in [1.82, 2.24) is 5.32 Å². The number of rotatable bonds is 8. The molecule has 3 N–H and O–H groups in total. The first-order chi connectivity index (χ1) is 8.69. The van der Waals surface area contributed by atoms with Crippen LogP contribution in [0.25, 0.3) is 0 Å². The van der Waals surface area contributed by atoms with Gasteiger partial charge in [-0.05, 0) is 24.6 Å². The number of methoxy groups -OCH3 is 1. The van der Waals surface area contributed by atoms with E-state index < -0.39 is 0 Å². The average molecular weight is 255 g/mol. The van der Waals surface area contributed by atoms with E-state index >= 15 is 0 Å². The second-order valence-electron chi connectivity index (χ2n) is 3.94. The number of phenols is 1. The van der Waals surface area contributed by atoms with Crippen molar-refractivity contribution in [2.75, 3.05) is 33.5 Å². The van der Waals surface area contributed by atoms with Gasteiger partial charge in [0.05, 0.1) is 26.9 Å². The predicted molar refractivity (Wildman–Crippen MR) is 69.0 cm³/mol. The van der Waals surface area contributed by atoms with E-state index in [0.29, 0.717) is 25.5 Å². The van der Waals surface area contributed by atoms with Gasteiger partial charge in [0, 0.05) is 12.6 Å². The Morgan fingerprint density at radius 3 is 2.78 bits per heavy atom. The van der Waals surface area contributed by atoms with Gasteiger partial charge in [0.15, 0.2) is 11.5 Å². The molecule has 1 rings (SSSR count). The molecule has 0 amide bonds. The number of aromatic hydroxyl groups is 1. The third-order valence-corrected chi connectivity index (χ3v) is 2.64. The summed E-state index contributed by atoms with van der Waals surface area (Å²) >= 11 is 0. The average Bonchev–Trinajstić information content (AvgIpc) is 2.38. The molecule has 18 heavy (non-hydrogen) atoms. The first-order valence-corrected chi connectivity index (χ1v) is 5.98. The van der Waals surface area contributed by atoms with E-state index in [-0.39, 0.29) is 18.4 Å². The van der Waals surface area contributed by atoms with Crippen molar-refractivity contribution in [3.8, 4) is 11.5 Å². The van der Waals surface area contributed by atoms with Crippen LogP contribution in [0, 0.1) is 0 Å². The van der Waals surface area contributed by atoms with Crippen LogP contribution in [-0.4, -0.2) is 43.7 Å². The van der Waals surface area contributed by atoms with Crippen molar-refractivity contribution in [2.45, 2.75) is 13.0 Å². The molecule has 5 nitrogen and oxygen atoms in total. The molecule has 0 aromatic heterocycles. The van der Waals surface area contributed by atoms with Gasteiger partial charge in [-0.25, -0.2) is 0 Å². The van der Waals surface area contributed by atoms with Crippen molar-refractivity contribution in [3.63, 3.8) is 0 Å². The SMILES string of the molecule is COc1cc(C(C)NCCOCCO)ccc1O. The molecule has 5 heteroatoms. The maximum absolute atomic E-state index is 9.50. The molecule has 0 spiro atoms. The molecule has 0 saturated carbocycles. The molecule has 1 aromatic rings. The standard InChI is InChI=1S/C13H21NO4/c1-10(14-5-7-18-8-6-15)11-3-4-12(16)13(9-11)17-2/h3-4,9-10,14-16H,5-8H2,1-2H3. The lowest BCUT2D eigenvalue weighted by atomic mass is 10.1. The molecule has 1 unspecified atom stereocenters. The van der Waals surface area contributed by atoms with Crippen LogP contribution >= 0.6 is 0 Å². The summed E-state index contributed by atoms with van der Waals surface area (Å²) in [5.74, 6) is 0.609. The molecule has 1 atom stereocenters. The highest BCUT2D eigenvalue weighted by Gasteiger charge is 2.08. The van der Waals surface area contributed by atoms with E-state index in [0.717, 1.165) is 5.56 Å². The van der Waals surface area contributed by atoms with E-state index in [1.165, 1.54) is 7.11 Å². The minimum Gasteiger partial charge on any atom is -0.504 e. The lowest BCUT2D eigenvalue weighted by Gasteiger charge is -2.15. The van der Waals surface area contributed by atoms with Crippen molar-refractivity contribution < 1.29 is 19.7 Å². The summed E-state index contributed by atoms with van der Waals surface area (Å²) in [6.07, 6.45) is 0. The van der Waals surface area contributed by atoms with Crippen LogP contribution in [0.2, 0.25) is 0 Å². The summed E-state index contributed by atoms with van der Waals surface area (Å²) in [7, 11) is 1.53. The maximum atomic E-state index is 9.50. The summed E-state index contributed by atoms with van der Waals surface area (Å²) in [6.45, 7) is 3.69. The summed E-state index contributed by atoms with van der Waals surface area (Å²) in [6, 6.07) is 5.41. The Kier molecular flexibility index (Phi) is 6.49. The summed E-state index contributed by atoms with van der Waals surface area (Å²) in [4.78, 5) is 0. The molecule has 1 aromatic carbocycles. The predicted octanol–water partition coefficient (Wildman–Crippen LogP) is 1.06. The quantitative estimate of drug-likeness (QED) is 0.606. The number of hydrogen-bond acceptors (Lipinski definition) is 5. The Morgan fingerprint density at radius 1 is 1.33 bits per heavy atom. The zero-order valence-corrected chi connectivity index (χ0v) is 10.8. The van der Waals surface area contributed by atoms with Gasteiger partial charge in [-0.15, -0.1) is 0 Å². The van der Waals surface area contributed by atoms with E-state index in [2.05, 4.69) is 5.32 Å². The monoisotopic (exact) mass is 255 g/mol. The van der Waals surface area contributed by atoms with Gasteiger partial charge in [0.25, 0.3) is 0 Å². The van der Waals surface area contributed by atoms with Crippen molar-refractivity contribution in [2.24, 2.45) is 0 Å². The number of aliphatic hydroxyl groups is 1. The Hall–Kier alpha value is -1.30. The molecule has 0 aliphatic heterocycles. The minimum atomic E-state index is 0.0463. The summed E-state index contributed by atoms with van der Waals surface area (Å²) in [5.41, 5.74) is 1.03. The van der Waals surface area contributed by atoms with Crippen LogP contribution in [0.15, 0.2) is 18.2 Å². The molecule has 0 aliphatic rings. The third kappa shape index (κ3) is 4.52. The van der Waals surface area contributed by atoms with Crippen LogP contribution in [-0.2, 0) is 4.74 Å². The first-order valence-electron chi connectivity index (χ1n) is 5.98. The number of ether oxygens (including phenoxy) is 2. The number of hydrogen-bond donors (Lipinski definition) is 3. The van der Waals surface area contributed by atoms with E-state index in [4.69, 9.17) is 14.6 Å². The van der Waals surface area contributed by atoms with Crippen LogP contribution < -0.4 is 10.1 Å². The van der Waals surface area contributed by atoms with Gasteiger partial charge >= 0.3 is 0 Å². The van der Waals surface area contributed by atoms with Gasteiger partial charge in [-0.1, -0.05) is 6.07 Å². The lowest BCUT2D eigenvalue weighted by Crippen LogP contribution is -2.23. The largest absolute Gasteiger partial charge is 0.504 e. The van der Waals surface area contributed by atoms with Gasteiger partial charge < -0.3 is 25.0 Å². The van der Waals surface area contributed by atoms with Gasteiger partial charge in [-0.2, -0.15) is 0 Å². The molecular formula is C13H21NO4. The topological polar surface area (TPSA) is 71.0 Å². The first kappa shape index (κ1) is 14.8. The fourth-order valence-electron chi connectivity index (χ4n) is 1.60. The van der Waals surface area contributed by atoms with Crippen LogP contribution in [0.3, 0.4) is 0 Å². The second-order valence-corrected chi connectivity index (χ2v) is 3.94. The summed E-state index contributed by atoms with van der Waals surface area (Å²) < 4.78 is 10.2. The fourth-order valence-corrected chi connectivity index (χ4v) is 1.60. The molecule has 0 fully saturated rings. The third-order valence-electron chi connectivity index (χ3n) is 2.64. The second kappa shape index (κ2) is 7.92. The minimum absolute atomic E-state index is 0.0463. The van der Waals surface area contributed by atoms with E-state index in [1.807, 2.05) is 19.1 Å².